The normalized spacial score (nSPS) is 11.0. The number of hydrogen-bond acceptors (Lipinski definition) is 4. The Bertz CT molecular complexity index is 1090. The Kier molecular flexibility index (Phi) is 5.92. The summed E-state index contributed by atoms with van der Waals surface area (Å²) < 4.78 is 1.89. The summed E-state index contributed by atoms with van der Waals surface area (Å²) in [6.07, 6.45) is 8.83. The summed E-state index contributed by atoms with van der Waals surface area (Å²) >= 11 is 1.62. The Morgan fingerprint density at radius 1 is 1.10 bits per heavy atom. The van der Waals surface area contributed by atoms with Gasteiger partial charge in [0, 0.05) is 40.7 Å². The predicted octanol–water partition coefficient (Wildman–Crippen LogP) is 4.38. The van der Waals surface area contributed by atoms with Crippen LogP contribution >= 0.6 is 11.3 Å². The van der Waals surface area contributed by atoms with Crippen molar-refractivity contribution in [1.29, 1.82) is 0 Å². The molecular formula is C23H20N4OS. The molecule has 144 valence electrons. The zero-order valence-electron chi connectivity index (χ0n) is 15.7. The standard InChI is InChI=1S/C23H20N4OS/c28-22(25-15-21-9-5-13-29-21)11-10-20-17-27(16-18-6-2-1-3-7-18)26-23(20)19-8-4-12-24-14-19/h1-14,17H,15-16H2,(H,25,28)/b11-10+. The van der Waals surface area contributed by atoms with Crippen LogP contribution in [-0.2, 0) is 17.9 Å². The van der Waals surface area contributed by atoms with Crippen LogP contribution < -0.4 is 5.32 Å². The average molecular weight is 401 g/mol. The molecule has 0 aliphatic heterocycles. The van der Waals surface area contributed by atoms with Gasteiger partial charge in [-0.1, -0.05) is 36.4 Å². The van der Waals surface area contributed by atoms with E-state index in [0.29, 0.717) is 13.1 Å². The number of carbonyl (C=O) groups excluding carboxylic acids is 1. The molecule has 0 fully saturated rings. The number of nitrogens with zero attached hydrogens (tertiary/aromatic N) is 3. The Morgan fingerprint density at radius 3 is 2.76 bits per heavy atom. The molecule has 0 bridgehead atoms. The van der Waals surface area contributed by atoms with E-state index in [9.17, 15) is 4.79 Å². The smallest absolute Gasteiger partial charge is 0.244 e. The minimum atomic E-state index is -0.133. The van der Waals surface area contributed by atoms with Gasteiger partial charge in [-0.25, -0.2) is 0 Å². The van der Waals surface area contributed by atoms with Crippen LogP contribution in [0.5, 0.6) is 0 Å². The molecule has 3 aromatic heterocycles. The first-order chi connectivity index (χ1) is 14.3. The van der Waals surface area contributed by atoms with Gasteiger partial charge in [-0.15, -0.1) is 11.3 Å². The fourth-order valence-corrected chi connectivity index (χ4v) is 3.59. The summed E-state index contributed by atoms with van der Waals surface area (Å²) in [6.45, 7) is 1.19. The lowest BCUT2D eigenvalue weighted by atomic mass is 10.1. The summed E-state index contributed by atoms with van der Waals surface area (Å²) in [5.74, 6) is -0.133. The minimum absolute atomic E-state index is 0.133. The van der Waals surface area contributed by atoms with Crippen LogP contribution in [0.3, 0.4) is 0 Å². The monoisotopic (exact) mass is 400 g/mol. The van der Waals surface area contributed by atoms with Crippen molar-refractivity contribution in [3.63, 3.8) is 0 Å². The number of aromatic nitrogens is 3. The molecule has 4 rings (SSSR count). The van der Waals surface area contributed by atoms with Gasteiger partial charge in [-0.2, -0.15) is 5.10 Å². The van der Waals surface area contributed by atoms with Crippen LogP contribution in [0.15, 0.2) is 84.6 Å². The maximum Gasteiger partial charge on any atom is 0.244 e. The third-order valence-electron chi connectivity index (χ3n) is 4.34. The quantitative estimate of drug-likeness (QED) is 0.468. The predicted molar refractivity (Wildman–Crippen MR) is 116 cm³/mol. The summed E-state index contributed by atoms with van der Waals surface area (Å²) in [5, 5.41) is 9.64. The van der Waals surface area contributed by atoms with Crippen molar-refractivity contribution in [3.05, 3.63) is 101 Å². The zero-order valence-corrected chi connectivity index (χ0v) is 16.5. The third kappa shape index (κ3) is 5.06. The molecule has 0 spiro atoms. The van der Waals surface area contributed by atoms with Gasteiger partial charge in [0.2, 0.25) is 5.91 Å². The Balaban J connectivity index is 1.54. The second-order valence-corrected chi connectivity index (χ2v) is 7.52. The number of benzene rings is 1. The summed E-state index contributed by atoms with van der Waals surface area (Å²) in [5.41, 5.74) is 3.76. The molecule has 0 unspecified atom stereocenters. The van der Waals surface area contributed by atoms with E-state index in [4.69, 9.17) is 5.10 Å². The van der Waals surface area contributed by atoms with Crippen LogP contribution in [0, 0.1) is 0 Å². The first kappa shape index (κ1) is 18.8. The Morgan fingerprint density at radius 2 is 2.00 bits per heavy atom. The topological polar surface area (TPSA) is 59.8 Å². The molecule has 3 heterocycles. The third-order valence-corrected chi connectivity index (χ3v) is 5.22. The molecule has 0 aliphatic carbocycles. The van der Waals surface area contributed by atoms with E-state index in [2.05, 4.69) is 22.4 Å². The van der Waals surface area contributed by atoms with Gasteiger partial charge in [0.1, 0.15) is 5.69 Å². The maximum absolute atomic E-state index is 12.2. The molecule has 0 atom stereocenters. The molecule has 0 saturated heterocycles. The van der Waals surface area contributed by atoms with Crippen molar-refractivity contribution >= 4 is 23.3 Å². The number of pyridine rings is 1. The van der Waals surface area contributed by atoms with E-state index in [1.807, 2.05) is 58.7 Å². The number of nitrogens with one attached hydrogen (secondary N) is 1. The van der Waals surface area contributed by atoms with Crippen molar-refractivity contribution in [3.8, 4) is 11.3 Å². The highest BCUT2D eigenvalue weighted by molar-refractivity contribution is 7.09. The molecular weight excluding hydrogens is 380 g/mol. The van der Waals surface area contributed by atoms with Crippen molar-refractivity contribution in [1.82, 2.24) is 20.1 Å². The van der Waals surface area contributed by atoms with Gasteiger partial charge in [-0.05, 0) is 35.2 Å². The lowest BCUT2D eigenvalue weighted by Gasteiger charge is -2.01. The number of rotatable bonds is 7. The highest BCUT2D eigenvalue weighted by atomic mass is 32.1. The zero-order chi connectivity index (χ0) is 19.9. The van der Waals surface area contributed by atoms with E-state index in [1.54, 1.807) is 35.9 Å². The van der Waals surface area contributed by atoms with Gasteiger partial charge >= 0.3 is 0 Å². The number of carbonyl (C=O) groups is 1. The van der Waals surface area contributed by atoms with Gasteiger partial charge in [0.05, 0.1) is 13.1 Å². The molecule has 1 aromatic carbocycles. The van der Waals surface area contributed by atoms with E-state index in [-0.39, 0.29) is 5.91 Å². The van der Waals surface area contributed by atoms with E-state index >= 15 is 0 Å². The maximum atomic E-state index is 12.2. The fourth-order valence-electron chi connectivity index (χ4n) is 2.95. The van der Waals surface area contributed by atoms with Crippen molar-refractivity contribution < 1.29 is 4.79 Å². The number of thiophene rings is 1. The number of amides is 1. The Hall–Kier alpha value is -3.51. The summed E-state index contributed by atoms with van der Waals surface area (Å²) in [7, 11) is 0. The summed E-state index contributed by atoms with van der Waals surface area (Å²) in [6, 6.07) is 18.0. The van der Waals surface area contributed by atoms with Crippen LogP contribution in [-0.4, -0.2) is 20.7 Å². The van der Waals surface area contributed by atoms with Crippen LogP contribution in [0.4, 0.5) is 0 Å². The second kappa shape index (κ2) is 9.12. The average Bonchev–Trinajstić information content (AvgIpc) is 3.42. The molecule has 0 radical (unpaired) electrons. The van der Waals surface area contributed by atoms with E-state index in [0.717, 1.165) is 27.3 Å². The van der Waals surface area contributed by atoms with Crippen LogP contribution in [0.25, 0.3) is 17.3 Å². The van der Waals surface area contributed by atoms with Gasteiger partial charge in [-0.3, -0.25) is 14.5 Å². The van der Waals surface area contributed by atoms with Crippen LogP contribution in [0.2, 0.25) is 0 Å². The van der Waals surface area contributed by atoms with Gasteiger partial charge in [0.25, 0.3) is 0 Å². The second-order valence-electron chi connectivity index (χ2n) is 6.49. The van der Waals surface area contributed by atoms with Crippen LogP contribution in [0.1, 0.15) is 16.0 Å². The SMILES string of the molecule is O=C(/C=C/c1cn(Cc2ccccc2)nc1-c1cccnc1)NCc1cccs1. The van der Waals surface area contributed by atoms with Gasteiger partial charge in [0.15, 0.2) is 0 Å². The molecule has 1 amide bonds. The first-order valence-electron chi connectivity index (χ1n) is 9.28. The minimum Gasteiger partial charge on any atom is -0.348 e. The van der Waals surface area contributed by atoms with Crippen molar-refractivity contribution in [2.24, 2.45) is 0 Å². The highest BCUT2D eigenvalue weighted by Crippen LogP contribution is 2.23. The van der Waals surface area contributed by atoms with E-state index in [1.165, 1.54) is 0 Å². The van der Waals surface area contributed by atoms with Gasteiger partial charge < -0.3 is 5.32 Å². The lowest BCUT2D eigenvalue weighted by Crippen LogP contribution is -2.19. The number of hydrogen-bond donors (Lipinski definition) is 1. The Labute approximate surface area is 173 Å². The summed E-state index contributed by atoms with van der Waals surface area (Å²) in [4.78, 5) is 17.5. The molecule has 29 heavy (non-hydrogen) atoms. The molecule has 0 saturated carbocycles. The fraction of sp³-hybridized carbons (Fsp3) is 0.0870. The van der Waals surface area contributed by atoms with E-state index < -0.39 is 0 Å². The van der Waals surface area contributed by atoms with Crippen molar-refractivity contribution in [2.75, 3.05) is 0 Å². The molecule has 1 N–H and O–H groups in total. The molecule has 6 heteroatoms. The van der Waals surface area contributed by atoms with Crippen molar-refractivity contribution in [2.45, 2.75) is 13.1 Å². The first-order valence-corrected chi connectivity index (χ1v) is 10.2. The molecule has 0 aliphatic rings. The molecule has 5 nitrogen and oxygen atoms in total. The highest BCUT2D eigenvalue weighted by Gasteiger charge is 2.10. The molecule has 4 aromatic rings. The largest absolute Gasteiger partial charge is 0.348 e. The lowest BCUT2D eigenvalue weighted by molar-refractivity contribution is -0.116.